The Morgan fingerprint density at radius 1 is 1.25 bits per heavy atom. The Balaban J connectivity index is 3.57. The maximum atomic E-state index is 11.0. The molecule has 0 bridgehead atoms. The lowest BCUT2D eigenvalue weighted by molar-refractivity contribution is -0.126. The quantitative estimate of drug-likeness (QED) is 0.398. The summed E-state index contributed by atoms with van der Waals surface area (Å²) in [6.45, 7) is 1.79. The topological polar surface area (TPSA) is 115 Å². The number of halogens is 2. The standard InChI is InChI=1S/C9H11I2N3O2/c1-2-6(12)4(10)3(5(11)7(2)13)8(15)9(14)16/h8,15H,12-13H2,1H3,(H2,14,16). The first-order valence-corrected chi connectivity index (χ1v) is 6.44. The van der Waals surface area contributed by atoms with Crippen LogP contribution in [0.3, 0.4) is 0 Å². The van der Waals surface area contributed by atoms with Crippen molar-refractivity contribution in [2.45, 2.75) is 13.0 Å². The Hall–Kier alpha value is -0.290. The van der Waals surface area contributed by atoms with E-state index in [-0.39, 0.29) is 0 Å². The summed E-state index contributed by atoms with van der Waals surface area (Å²) in [5, 5.41) is 9.70. The number of benzene rings is 1. The fourth-order valence-corrected chi connectivity index (χ4v) is 3.70. The van der Waals surface area contributed by atoms with Gasteiger partial charge < -0.3 is 22.3 Å². The third kappa shape index (κ3) is 2.20. The van der Waals surface area contributed by atoms with Gasteiger partial charge in [-0.15, -0.1) is 0 Å². The van der Waals surface area contributed by atoms with E-state index in [1.807, 2.05) is 45.2 Å². The second kappa shape index (κ2) is 4.92. The Morgan fingerprint density at radius 2 is 1.62 bits per heavy atom. The first-order chi connectivity index (χ1) is 7.29. The summed E-state index contributed by atoms with van der Waals surface area (Å²) in [7, 11) is 0. The van der Waals surface area contributed by atoms with Crippen LogP contribution in [0.4, 0.5) is 11.4 Å². The van der Waals surface area contributed by atoms with Gasteiger partial charge in [0.15, 0.2) is 6.10 Å². The van der Waals surface area contributed by atoms with Crippen molar-refractivity contribution < 1.29 is 9.90 Å². The van der Waals surface area contributed by atoms with E-state index in [9.17, 15) is 9.90 Å². The lowest BCUT2D eigenvalue weighted by atomic mass is 10.0. The van der Waals surface area contributed by atoms with Crippen molar-refractivity contribution in [3.05, 3.63) is 18.3 Å². The Morgan fingerprint density at radius 3 is 1.94 bits per heavy atom. The molecule has 0 spiro atoms. The Kier molecular flexibility index (Phi) is 4.23. The molecular weight excluding hydrogens is 436 g/mol. The maximum absolute atomic E-state index is 11.0. The van der Waals surface area contributed by atoms with Gasteiger partial charge in [0.2, 0.25) is 0 Å². The largest absolute Gasteiger partial charge is 0.398 e. The number of hydrogen-bond donors (Lipinski definition) is 4. The molecule has 0 heterocycles. The van der Waals surface area contributed by atoms with Crippen LogP contribution in [0.15, 0.2) is 0 Å². The van der Waals surface area contributed by atoms with Crippen LogP contribution in [0.2, 0.25) is 0 Å². The first kappa shape index (κ1) is 13.8. The van der Waals surface area contributed by atoms with Gasteiger partial charge in [0.05, 0.1) is 11.4 Å². The van der Waals surface area contributed by atoms with Gasteiger partial charge in [0, 0.05) is 12.7 Å². The predicted molar refractivity (Wildman–Crippen MR) is 79.6 cm³/mol. The molecule has 0 aromatic heterocycles. The minimum atomic E-state index is -1.39. The molecule has 1 rings (SSSR count). The number of aliphatic hydroxyl groups is 1. The number of nitrogen functional groups attached to an aromatic ring is 2. The van der Waals surface area contributed by atoms with E-state index in [0.717, 1.165) is 5.56 Å². The van der Waals surface area contributed by atoms with Crippen LogP contribution in [-0.4, -0.2) is 11.0 Å². The SMILES string of the molecule is Cc1c(N)c(I)c(C(O)C(N)=O)c(I)c1N. The molecule has 1 aromatic rings. The van der Waals surface area contributed by atoms with Gasteiger partial charge in [-0.25, -0.2) is 0 Å². The average molecular weight is 447 g/mol. The van der Waals surface area contributed by atoms with E-state index < -0.39 is 12.0 Å². The van der Waals surface area contributed by atoms with Gasteiger partial charge in [-0.3, -0.25) is 4.79 Å². The minimum Gasteiger partial charge on any atom is -0.398 e. The summed E-state index contributed by atoms with van der Waals surface area (Å²) in [5.41, 5.74) is 18.8. The number of carbonyl (C=O) groups is 1. The highest BCUT2D eigenvalue weighted by Crippen LogP contribution is 2.36. The Labute approximate surface area is 120 Å². The number of aliphatic hydroxyl groups excluding tert-OH is 1. The number of nitrogens with two attached hydrogens (primary N) is 3. The Bertz CT molecular complexity index is 434. The third-order valence-electron chi connectivity index (χ3n) is 2.30. The van der Waals surface area contributed by atoms with Crippen molar-refractivity contribution in [2.24, 2.45) is 5.73 Å². The van der Waals surface area contributed by atoms with E-state index in [1.54, 1.807) is 6.92 Å². The molecule has 1 aromatic carbocycles. The molecule has 88 valence electrons. The number of carbonyl (C=O) groups excluding carboxylic acids is 1. The number of rotatable bonds is 2. The second-order valence-electron chi connectivity index (χ2n) is 3.30. The van der Waals surface area contributed by atoms with Gasteiger partial charge in [-0.1, -0.05) is 0 Å². The normalized spacial score (nSPS) is 12.5. The van der Waals surface area contributed by atoms with E-state index >= 15 is 0 Å². The molecule has 1 atom stereocenters. The highest BCUT2D eigenvalue weighted by atomic mass is 127. The summed E-state index contributed by atoms with van der Waals surface area (Å²) in [6, 6.07) is 0. The fraction of sp³-hybridized carbons (Fsp3) is 0.222. The average Bonchev–Trinajstić information content (AvgIpc) is 2.23. The van der Waals surface area contributed by atoms with Gasteiger partial charge in [-0.2, -0.15) is 0 Å². The molecule has 0 radical (unpaired) electrons. The van der Waals surface area contributed by atoms with E-state index in [4.69, 9.17) is 17.2 Å². The molecule has 0 saturated heterocycles. The van der Waals surface area contributed by atoms with Crippen LogP contribution in [0, 0.1) is 14.1 Å². The molecule has 0 fully saturated rings. The van der Waals surface area contributed by atoms with Crippen molar-refractivity contribution in [1.82, 2.24) is 0 Å². The van der Waals surface area contributed by atoms with Crippen molar-refractivity contribution in [1.29, 1.82) is 0 Å². The zero-order chi connectivity index (χ0) is 12.6. The fourth-order valence-electron chi connectivity index (χ4n) is 1.24. The van der Waals surface area contributed by atoms with Gasteiger partial charge >= 0.3 is 0 Å². The van der Waals surface area contributed by atoms with E-state index in [1.165, 1.54) is 0 Å². The molecule has 1 unspecified atom stereocenters. The molecule has 0 aliphatic carbocycles. The van der Waals surface area contributed by atoms with E-state index in [0.29, 0.717) is 24.1 Å². The molecule has 0 saturated carbocycles. The van der Waals surface area contributed by atoms with Gasteiger partial charge in [0.25, 0.3) is 5.91 Å². The smallest absolute Gasteiger partial charge is 0.250 e. The number of hydrogen-bond acceptors (Lipinski definition) is 4. The number of anilines is 2. The molecule has 0 aliphatic rings. The lowest BCUT2D eigenvalue weighted by Gasteiger charge is -2.18. The zero-order valence-corrected chi connectivity index (χ0v) is 12.7. The summed E-state index contributed by atoms with van der Waals surface area (Å²) in [4.78, 5) is 11.0. The van der Waals surface area contributed by atoms with Crippen LogP contribution >= 0.6 is 45.2 Å². The molecule has 7 N–H and O–H groups in total. The predicted octanol–water partition coefficient (Wildman–Crippen LogP) is 0.887. The minimum absolute atomic E-state index is 0.384. The first-order valence-electron chi connectivity index (χ1n) is 4.28. The molecule has 16 heavy (non-hydrogen) atoms. The van der Waals surface area contributed by atoms with E-state index in [2.05, 4.69) is 0 Å². The molecule has 5 nitrogen and oxygen atoms in total. The van der Waals surface area contributed by atoms with Crippen LogP contribution in [0.5, 0.6) is 0 Å². The number of amides is 1. The van der Waals surface area contributed by atoms with Crippen molar-refractivity contribution in [3.63, 3.8) is 0 Å². The zero-order valence-electron chi connectivity index (χ0n) is 8.42. The molecule has 1 amide bonds. The van der Waals surface area contributed by atoms with Crippen LogP contribution < -0.4 is 17.2 Å². The van der Waals surface area contributed by atoms with Crippen LogP contribution in [0.25, 0.3) is 0 Å². The molecule has 7 heteroatoms. The lowest BCUT2D eigenvalue weighted by Crippen LogP contribution is -2.23. The van der Waals surface area contributed by atoms with Crippen molar-refractivity contribution in [3.8, 4) is 0 Å². The molecule has 0 aliphatic heterocycles. The van der Waals surface area contributed by atoms with Crippen molar-refractivity contribution in [2.75, 3.05) is 11.5 Å². The summed E-state index contributed by atoms with van der Waals surface area (Å²) >= 11 is 3.94. The van der Waals surface area contributed by atoms with Crippen LogP contribution in [0.1, 0.15) is 17.2 Å². The summed E-state index contributed by atoms with van der Waals surface area (Å²) in [6.07, 6.45) is -1.39. The molecular formula is C9H11I2N3O2. The highest BCUT2D eigenvalue weighted by Gasteiger charge is 2.24. The summed E-state index contributed by atoms with van der Waals surface area (Å²) < 4.78 is 1.22. The van der Waals surface area contributed by atoms with Crippen LogP contribution in [-0.2, 0) is 4.79 Å². The maximum Gasteiger partial charge on any atom is 0.250 e. The van der Waals surface area contributed by atoms with Gasteiger partial charge in [-0.05, 0) is 57.7 Å². The van der Waals surface area contributed by atoms with Gasteiger partial charge in [0.1, 0.15) is 0 Å². The number of primary amides is 1. The monoisotopic (exact) mass is 447 g/mol. The third-order valence-corrected chi connectivity index (χ3v) is 4.62. The summed E-state index contributed by atoms with van der Waals surface area (Å²) in [5.74, 6) is -0.821. The highest BCUT2D eigenvalue weighted by molar-refractivity contribution is 14.1. The van der Waals surface area contributed by atoms with Crippen molar-refractivity contribution >= 4 is 62.5 Å². The second-order valence-corrected chi connectivity index (χ2v) is 5.46.